The Bertz CT molecular complexity index is 612. The molecule has 0 aliphatic heterocycles. The molecule has 0 aliphatic rings. The Hall–Kier alpha value is -1.69. The summed E-state index contributed by atoms with van der Waals surface area (Å²) in [6.45, 7) is 1.84. The monoisotopic (exact) mass is 297 g/mol. The van der Waals surface area contributed by atoms with Crippen LogP contribution in [0.25, 0.3) is 0 Å². The Labute approximate surface area is 105 Å². The maximum absolute atomic E-state index is 13.1. The van der Waals surface area contributed by atoms with E-state index in [4.69, 9.17) is 0 Å². The molecule has 0 unspecified atom stereocenters. The molecule has 17 heavy (non-hydrogen) atoms. The van der Waals surface area contributed by atoms with E-state index in [9.17, 15) is 9.18 Å². The minimum atomic E-state index is -0.348. The topological polar surface area (TPSA) is 57.8 Å². The normalized spacial score (nSPS) is 10.3. The average Bonchev–Trinajstić information content (AvgIpc) is 2.30. The third-order valence-corrected chi connectivity index (χ3v) is 2.98. The molecule has 4 nitrogen and oxygen atoms in total. The molecule has 1 aromatic carbocycles. The predicted molar refractivity (Wildman–Crippen MR) is 67.0 cm³/mol. The molecule has 2 N–H and O–H groups in total. The van der Waals surface area contributed by atoms with Gasteiger partial charge in [-0.15, -0.1) is 0 Å². The first kappa shape index (κ1) is 11.8. The second-order valence-electron chi connectivity index (χ2n) is 3.48. The highest BCUT2D eigenvalue weighted by Gasteiger charge is 2.07. The fourth-order valence-electron chi connectivity index (χ4n) is 1.33. The van der Waals surface area contributed by atoms with Crippen LogP contribution in [0.2, 0.25) is 0 Å². The smallest absolute Gasteiger partial charge is 0.267 e. The van der Waals surface area contributed by atoms with Crippen LogP contribution in [-0.2, 0) is 0 Å². The van der Waals surface area contributed by atoms with Crippen LogP contribution in [0.1, 0.15) is 5.56 Å². The van der Waals surface area contributed by atoms with E-state index in [1.807, 2.05) is 6.92 Å². The molecular weight excluding hydrogens is 289 g/mol. The molecule has 0 fully saturated rings. The molecule has 0 aliphatic carbocycles. The second kappa shape index (κ2) is 4.67. The summed E-state index contributed by atoms with van der Waals surface area (Å²) < 4.78 is 13.4. The zero-order valence-corrected chi connectivity index (χ0v) is 10.5. The summed E-state index contributed by atoms with van der Waals surface area (Å²) in [7, 11) is 0. The molecule has 0 saturated heterocycles. The summed E-state index contributed by atoms with van der Waals surface area (Å²) in [5, 5.41) is 2.90. The first-order valence-electron chi connectivity index (χ1n) is 4.84. The van der Waals surface area contributed by atoms with Gasteiger partial charge in [-0.2, -0.15) is 0 Å². The molecule has 0 amide bonds. The van der Waals surface area contributed by atoms with Gasteiger partial charge in [-0.25, -0.2) is 9.37 Å². The van der Waals surface area contributed by atoms with Gasteiger partial charge in [-0.1, -0.05) is 6.07 Å². The van der Waals surface area contributed by atoms with Crippen molar-refractivity contribution >= 4 is 27.4 Å². The minimum absolute atomic E-state index is 0.281. The lowest BCUT2D eigenvalue weighted by Gasteiger charge is -2.09. The number of halogens is 2. The lowest BCUT2D eigenvalue weighted by atomic mass is 10.2. The Morgan fingerprint density at radius 2 is 2.24 bits per heavy atom. The van der Waals surface area contributed by atoms with E-state index in [2.05, 4.69) is 31.2 Å². The maximum atomic E-state index is 13.1. The van der Waals surface area contributed by atoms with Crippen molar-refractivity contribution in [1.82, 2.24) is 9.97 Å². The van der Waals surface area contributed by atoms with Crippen molar-refractivity contribution < 1.29 is 4.39 Å². The highest BCUT2D eigenvalue weighted by molar-refractivity contribution is 9.10. The molecule has 1 heterocycles. The molecule has 0 spiro atoms. The van der Waals surface area contributed by atoms with E-state index >= 15 is 0 Å². The molecule has 1 aromatic heterocycles. The van der Waals surface area contributed by atoms with Crippen molar-refractivity contribution in [2.75, 3.05) is 5.32 Å². The van der Waals surface area contributed by atoms with Gasteiger partial charge in [-0.3, -0.25) is 4.79 Å². The van der Waals surface area contributed by atoms with E-state index < -0.39 is 0 Å². The van der Waals surface area contributed by atoms with Gasteiger partial charge in [0.25, 0.3) is 5.56 Å². The number of aryl methyl sites for hydroxylation is 1. The van der Waals surface area contributed by atoms with Crippen molar-refractivity contribution in [2.45, 2.75) is 6.92 Å². The third kappa shape index (κ3) is 2.52. The van der Waals surface area contributed by atoms with Crippen LogP contribution < -0.4 is 10.9 Å². The lowest BCUT2D eigenvalue weighted by molar-refractivity contribution is 0.628. The van der Waals surface area contributed by atoms with Gasteiger partial charge in [0.05, 0.1) is 6.33 Å². The van der Waals surface area contributed by atoms with Crippen molar-refractivity contribution in [2.24, 2.45) is 0 Å². The average molecular weight is 298 g/mol. The van der Waals surface area contributed by atoms with Crippen LogP contribution in [0.15, 0.2) is 33.8 Å². The number of aromatic amines is 1. The molecule has 0 saturated carbocycles. The van der Waals surface area contributed by atoms with Gasteiger partial charge in [0, 0.05) is 5.69 Å². The number of hydrogen-bond acceptors (Lipinski definition) is 3. The van der Waals surface area contributed by atoms with E-state index in [-0.39, 0.29) is 15.8 Å². The SMILES string of the molecule is Cc1ccc(F)cc1Nc1nc[nH]c(=O)c1Br. The van der Waals surface area contributed by atoms with Gasteiger partial charge in [-0.05, 0) is 40.5 Å². The van der Waals surface area contributed by atoms with E-state index in [1.165, 1.54) is 18.5 Å². The summed E-state index contributed by atoms with van der Waals surface area (Å²) in [5.74, 6) is 0.00140. The van der Waals surface area contributed by atoms with E-state index in [1.54, 1.807) is 6.07 Å². The molecule has 2 rings (SSSR count). The van der Waals surface area contributed by atoms with Gasteiger partial charge in [0.15, 0.2) is 5.82 Å². The summed E-state index contributed by atoms with van der Waals surface area (Å²) in [6, 6.07) is 4.38. The van der Waals surface area contributed by atoms with Crippen LogP contribution in [-0.4, -0.2) is 9.97 Å². The molecule has 0 atom stereocenters. The van der Waals surface area contributed by atoms with Crippen molar-refractivity contribution in [1.29, 1.82) is 0 Å². The quantitative estimate of drug-likeness (QED) is 0.896. The fourth-order valence-corrected chi connectivity index (χ4v) is 1.64. The second-order valence-corrected chi connectivity index (χ2v) is 4.27. The number of rotatable bonds is 2. The highest BCUT2D eigenvalue weighted by atomic mass is 79.9. The Morgan fingerprint density at radius 3 is 3.00 bits per heavy atom. The molecule has 6 heteroatoms. The predicted octanol–water partition coefficient (Wildman–Crippen LogP) is 2.72. The number of hydrogen-bond donors (Lipinski definition) is 2. The lowest BCUT2D eigenvalue weighted by Crippen LogP contribution is -2.10. The van der Waals surface area contributed by atoms with Crippen LogP contribution >= 0.6 is 15.9 Å². The summed E-state index contributed by atoms with van der Waals surface area (Å²) in [4.78, 5) is 17.7. The highest BCUT2D eigenvalue weighted by Crippen LogP contribution is 2.23. The number of benzene rings is 1. The molecule has 88 valence electrons. The zero-order valence-electron chi connectivity index (χ0n) is 8.92. The van der Waals surface area contributed by atoms with Crippen LogP contribution in [0.5, 0.6) is 0 Å². The minimum Gasteiger partial charge on any atom is -0.339 e. The number of H-pyrrole nitrogens is 1. The van der Waals surface area contributed by atoms with Crippen molar-refractivity contribution in [3.8, 4) is 0 Å². The zero-order chi connectivity index (χ0) is 12.4. The summed E-state index contributed by atoms with van der Waals surface area (Å²) >= 11 is 3.12. The van der Waals surface area contributed by atoms with Crippen molar-refractivity contribution in [3.63, 3.8) is 0 Å². The molecule has 0 radical (unpaired) electrons. The van der Waals surface area contributed by atoms with Gasteiger partial charge in [0.1, 0.15) is 10.3 Å². The Balaban J connectivity index is 2.41. The van der Waals surface area contributed by atoms with Gasteiger partial charge in [0.2, 0.25) is 0 Å². The number of anilines is 2. The number of nitrogens with zero attached hydrogens (tertiary/aromatic N) is 1. The first-order chi connectivity index (χ1) is 8.08. The van der Waals surface area contributed by atoms with E-state index in [0.717, 1.165) is 5.56 Å². The summed E-state index contributed by atoms with van der Waals surface area (Å²) in [6.07, 6.45) is 1.28. The molecule has 2 aromatic rings. The Kier molecular flexibility index (Phi) is 3.23. The third-order valence-electron chi connectivity index (χ3n) is 2.25. The molecule has 0 bridgehead atoms. The number of aromatic nitrogens is 2. The van der Waals surface area contributed by atoms with Crippen molar-refractivity contribution in [3.05, 3.63) is 50.7 Å². The van der Waals surface area contributed by atoms with Crippen LogP contribution in [0.4, 0.5) is 15.9 Å². The Morgan fingerprint density at radius 1 is 1.47 bits per heavy atom. The molecular formula is C11H9BrFN3O. The van der Waals surface area contributed by atoms with Gasteiger partial charge < -0.3 is 10.3 Å². The van der Waals surface area contributed by atoms with Crippen LogP contribution in [0, 0.1) is 12.7 Å². The van der Waals surface area contributed by atoms with Gasteiger partial charge >= 0.3 is 0 Å². The largest absolute Gasteiger partial charge is 0.339 e. The fraction of sp³-hybridized carbons (Fsp3) is 0.0909. The maximum Gasteiger partial charge on any atom is 0.267 e. The summed E-state index contributed by atoms with van der Waals surface area (Å²) in [5.41, 5.74) is 1.14. The van der Waals surface area contributed by atoms with Crippen LogP contribution in [0.3, 0.4) is 0 Å². The van der Waals surface area contributed by atoms with E-state index in [0.29, 0.717) is 11.5 Å². The standard InChI is InChI=1S/C11H9BrFN3O/c1-6-2-3-7(13)4-8(6)16-10-9(12)11(17)15-5-14-10/h2-5H,1H3,(H2,14,15,16,17). The first-order valence-corrected chi connectivity index (χ1v) is 5.63. The number of nitrogens with one attached hydrogen (secondary N) is 2.